The van der Waals surface area contributed by atoms with Crippen LogP contribution >= 0.6 is 0 Å². The molecule has 0 amide bonds. The second-order valence-electron chi connectivity index (χ2n) is 4.34. The molecule has 0 bridgehead atoms. The minimum Gasteiger partial charge on any atom is -0.380 e. The molecular formula is C10H21NO. The molecule has 1 aliphatic rings. The summed E-state index contributed by atoms with van der Waals surface area (Å²) in [6.45, 7) is 7.83. The van der Waals surface area contributed by atoms with E-state index in [1.54, 1.807) is 0 Å². The molecule has 2 heteroatoms. The SMILES string of the molecule is CCNC1C(OC)CCC1(C)C. The molecule has 0 aromatic carbocycles. The van der Waals surface area contributed by atoms with Gasteiger partial charge in [-0.15, -0.1) is 0 Å². The summed E-state index contributed by atoms with van der Waals surface area (Å²) in [4.78, 5) is 0. The van der Waals surface area contributed by atoms with Crippen LogP contribution in [0.25, 0.3) is 0 Å². The van der Waals surface area contributed by atoms with E-state index in [2.05, 4.69) is 26.1 Å². The Morgan fingerprint density at radius 2 is 2.17 bits per heavy atom. The van der Waals surface area contributed by atoms with Crippen LogP contribution in [-0.4, -0.2) is 25.8 Å². The highest BCUT2D eigenvalue weighted by molar-refractivity contribution is 4.96. The quantitative estimate of drug-likeness (QED) is 0.699. The lowest BCUT2D eigenvalue weighted by molar-refractivity contribution is 0.0673. The summed E-state index contributed by atoms with van der Waals surface area (Å²) in [5.41, 5.74) is 0.399. The van der Waals surface area contributed by atoms with Crippen LogP contribution in [-0.2, 0) is 4.74 Å². The molecule has 0 saturated heterocycles. The van der Waals surface area contributed by atoms with Crippen LogP contribution in [0.3, 0.4) is 0 Å². The molecule has 1 rings (SSSR count). The zero-order valence-electron chi connectivity index (χ0n) is 8.68. The smallest absolute Gasteiger partial charge is 0.0729 e. The molecule has 0 heterocycles. The van der Waals surface area contributed by atoms with Crippen LogP contribution in [0.15, 0.2) is 0 Å². The highest BCUT2D eigenvalue weighted by Gasteiger charge is 2.41. The zero-order chi connectivity index (χ0) is 9.19. The van der Waals surface area contributed by atoms with Gasteiger partial charge >= 0.3 is 0 Å². The van der Waals surface area contributed by atoms with Gasteiger partial charge in [-0.2, -0.15) is 0 Å². The Bertz CT molecular complexity index is 145. The maximum absolute atomic E-state index is 5.45. The molecule has 1 aliphatic carbocycles. The fourth-order valence-corrected chi connectivity index (χ4v) is 2.22. The Morgan fingerprint density at radius 1 is 1.50 bits per heavy atom. The molecule has 0 aliphatic heterocycles. The van der Waals surface area contributed by atoms with Crippen LogP contribution < -0.4 is 5.32 Å². The van der Waals surface area contributed by atoms with Gasteiger partial charge in [0.1, 0.15) is 0 Å². The first-order valence-corrected chi connectivity index (χ1v) is 4.88. The largest absolute Gasteiger partial charge is 0.380 e. The van der Waals surface area contributed by atoms with Gasteiger partial charge in [-0.05, 0) is 24.8 Å². The third-order valence-corrected chi connectivity index (χ3v) is 3.01. The number of ether oxygens (including phenoxy) is 1. The van der Waals surface area contributed by atoms with Gasteiger partial charge in [-0.1, -0.05) is 20.8 Å². The Morgan fingerprint density at radius 3 is 2.67 bits per heavy atom. The highest BCUT2D eigenvalue weighted by atomic mass is 16.5. The summed E-state index contributed by atoms with van der Waals surface area (Å²) in [6.07, 6.45) is 2.88. The summed E-state index contributed by atoms with van der Waals surface area (Å²) in [5.74, 6) is 0. The molecule has 2 unspecified atom stereocenters. The Hall–Kier alpha value is -0.0800. The molecule has 1 N–H and O–H groups in total. The second-order valence-corrected chi connectivity index (χ2v) is 4.34. The van der Waals surface area contributed by atoms with Crippen molar-refractivity contribution in [2.45, 2.75) is 45.8 Å². The van der Waals surface area contributed by atoms with E-state index < -0.39 is 0 Å². The minimum atomic E-state index is 0.399. The van der Waals surface area contributed by atoms with Crippen LogP contribution in [0.4, 0.5) is 0 Å². The van der Waals surface area contributed by atoms with Crippen molar-refractivity contribution in [2.24, 2.45) is 5.41 Å². The van der Waals surface area contributed by atoms with E-state index in [4.69, 9.17) is 4.74 Å². The molecule has 1 saturated carbocycles. The lowest BCUT2D eigenvalue weighted by atomic mass is 9.87. The number of likely N-dealkylation sites (N-methyl/N-ethyl adjacent to an activating group) is 1. The summed E-state index contributed by atoms with van der Waals surface area (Å²) in [7, 11) is 1.82. The maximum Gasteiger partial charge on any atom is 0.0729 e. The van der Waals surface area contributed by atoms with Crippen molar-refractivity contribution in [1.29, 1.82) is 0 Å². The third-order valence-electron chi connectivity index (χ3n) is 3.01. The predicted octanol–water partition coefficient (Wildman–Crippen LogP) is 1.80. The van der Waals surface area contributed by atoms with Gasteiger partial charge in [-0.3, -0.25) is 0 Å². The highest BCUT2D eigenvalue weighted by Crippen LogP contribution is 2.38. The zero-order valence-corrected chi connectivity index (χ0v) is 8.68. The van der Waals surface area contributed by atoms with Crippen LogP contribution in [0.5, 0.6) is 0 Å². The number of nitrogens with one attached hydrogen (secondary N) is 1. The Balaban J connectivity index is 2.59. The molecule has 1 fully saturated rings. The average molecular weight is 171 g/mol. The Labute approximate surface area is 75.7 Å². The lowest BCUT2D eigenvalue weighted by Crippen LogP contribution is -2.45. The second kappa shape index (κ2) is 3.75. The topological polar surface area (TPSA) is 21.3 Å². The molecule has 2 atom stereocenters. The van der Waals surface area contributed by atoms with Crippen LogP contribution in [0.1, 0.15) is 33.6 Å². The van der Waals surface area contributed by atoms with E-state index in [0.29, 0.717) is 17.6 Å². The summed E-state index contributed by atoms with van der Waals surface area (Å²) in [5, 5.41) is 3.51. The van der Waals surface area contributed by atoms with Crippen molar-refractivity contribution in [1.82, 2.24) is 5.32 Å². The molecule has 0 aromatic heterocycles. The standard InChI is InChI=1S/C10H21NO/c1-5-11-9-8(12-4)6-7-10(9,2)3/h8-9,11H,5-7H2,1-4H3. The molecule has 2 nitrogen and oxygen atoms in total. The van der Waals surface area contributed by atoms with E-state index in [1.807, 2.05) is 7.11 Å². The number of hydrogen-bond acceptors (Lipinski definition) is 2. The van der Waals surface area contributed by atoms with Gasteiger partial charge in [0, 0.05) is 13.2 Å². The summed E-state index contributed by atoms with van der Waals surface area (Å²) >= 11 is 0. The van der Waals surface area contributed by atoms with Gasteiger partial charge in [0.25, 0.3) is 0 Å². The van der Waals surface area contributed by atoms with Crippen LogP contribution in [0, 0.1) is 5.41 Å². The van der Waals surface area contributed by atoms with Crippen molar-refractivity contribution >= 4 is 0 Å². The van der Waals surface area contributed by atoms with Gasteiger partial charge in [0.05, 0.1) is 6.10 Å². The average Bonchev–Trinajstić information content (AvgIpc) is 2.29. The first kappa shape index (κ1) is 10.0. The van der Waals surface area contributed by atoms with Crippen molar-refractivity contribution in [3.05, 3.63) is 0 Å². The third kappa shape index (κ3) is 1.80. The van der Waals surface area contributed by atoms with Gasteiger partial charge in [0.15, 0.2) is 0 Å². The van der Waals surface area contributed by atoms with E-state index in [-0.39, 0.29) is 0 Å². The first-order chi connectivity index (χ1) is 5.61. The van der Waals surface area contributed by atoms with Crippen molar-refractivity contribution in [3.8, 4) is 0 Å². The number of rotatable bonds is 3. The van der Waals surface area contributed by atoms with Crippen molar-refractivity contribution in [2.75, 3.05) is 13.7 Å². The lowest BCUT2D eigenvalue weighted by Gasteiger charge is -2.30. The fraction of sp³-hybridized carbons (Fsp3) is 1.00. The minimum absolute atomic E-state index is 0.399. The van der Waals surface area contributed by atoms with E-state index in [1.165, 1.54) is 12.8 Å². The molecule has 72 valence electrons. The monoisotopic (exact) mass is 171 g/mol. The molecule has 0 spiro atoms. The van der Waals surface area contributed by atoms with Crippen molar-refractivity contribution in [3.63, 3.8) is 0 Å². The number of hydrogen-bond donors (Lipinski definition) is 1. The molecule has 0 aromatic rings. The summed E-state index contributed by atoms with van der Waals surface area (Å²) in [6, 6.07) is 0.535. The fourth-order valence-electron chi connectivity index (χ4n) is 2.22. The first-order valence-electron chi connectivity index (χ1n) is 4.88. The molecule has 0 radical (unpaired) electrons. The van der Waals surface area contributed by atoms with E-state index >= 15 is 0 Å². The maximum atomic E-state index is 5.45. The normalized spacial score (nSPS) is 34.0. The number of methoxy groups -OCH3 is 1. The van der Waals surface area contributed by atoms with Crippen molar-refractivity contribution < 1.29 is 4.74 Å². The predicted molar refractivity (Wildman–Crippen MR) is 51.3 cm³/mol. The molecule has 12 heavy (non-hydrogen) atoms. The van der Waals surface area contributed by atoms with E-state index in [0.717, 1.165) is 6.54 Å². The van der Waals surface area contributed by atoms with Gasteiger partial charge in [-0.25, -0.2) is 0 Å². The van der Waals surface area contributed by atoms with Crippen LogP contribution in [0.2, 0.25) is 0 Å². The Kier molecular flexibility index (Phi) is 3.13. The molecular weight excluding hydrogens is 150 g/mol. The van der Waals surface area contributed by atoms with E-state index in [9.17, 15) is 0 Å². The van der Waals surface area contributed by atoms with Gasteiger partial charge in [0.2, 0.25) is 0 Å². The van der Waals surface area contributed by atoms with Gasteiger partial charge < -0.3 is 10.1 Å². The summed E-state index contributed by atoms with van der Waals surface area (Å²) < 4.78 is 5.45.